The molecule has 0 saturated carbocycles. The van der Waals surface area contributed by atoms with Gasteiger partial charge in [0.05, 0.1) is 6.04 Å². The molecular formula is C12H13BrF2N2O. The molecule has 1 aliphatic heterocycles. The summed E-state index contributed by atoms with van der Waals surface area (Å²) in [6, 6.07) is 3.93. The minimum atomic E-state index is -0.968. The maximum absolute atomic E-state index is 13.1. The van der Waals surface area contributed by atoms with Crippen LogP contribution in [0.15, 0.2) is 22.7 Å². The van der Waals surface area contributed by atoms with E-state index >= 15 is 0 Å². The van der Waals surface area contributed by atoms with Crippen molar-refractivity contribution in [1.82, 2.24) is 10.6 Å². The maximum atomic E-state index is 13.1. The van der Waals surface area contributed by atoms with Crippen LogP contribution in [0.3, 0.4) is 0 Å². The highest BCUT2D eigenvalue weighted by Gasteiger charge is 2.28. The third-order valence-electron chi connectivity index (χ3n) is 2.78. The van der Waals surface area contributed by atoms with Crippen LogP contribution in [0.5, 0.6) is 0 Å². The normalized spacial score (nSPS) is 23.1. The van der Waals surface area contributed by atoms with Gasteiger partial charge in [-0.25, -0.2) is 8.78 Å². The second kappa shape index (κ2) is 5.75. The van der Waals surface area contributed by atoms with Gasteiger partial charge in [-0.1, -0.05) is 15.9 Å². The van der Waals surface area contributed by atoms with E-state index in [-0.39, 0.29) is 31.2 Å². The summed E-state index contributed by atoms with van der Waals surface area (Å²) in [5.74, 6) is -0.619. The molecule has 0 aliphatic carbocycles. The van der Waals surface area contributed by atoms with Gasteiger partial charge in [0.25, 0.3) is 0 Å². The summed E-state index contributed by atoms with van der Waals surface area (Å²) in [5, 5.41) is 5.46. The Morgan fingerprint density at radius 1 is 1.50 bits per heavy atom. The smallest absolute Gasteiger partial charge is 0.237 e. The Balaban J connectivity index is 1.89. The number of alkyl halides is 1. The third-order valence-corrected chi connectivity index (χ3v) is 3.24. The number of amides is 1. The number of benzene rings is 1. The highest BCUT2D eigenvalue weighted by Crippen LogP contribution is 2.15. The highest BCUT2D eigenvalue weighted by molar-refractivity contribution is 9.10. The molecule has 1 saturated heterocycles. The van der Waals surface area contributed by atoms with Crippen molar-refractivity contribution in [2.45, 2.75) is 25.2 Å². The van der Waals surface area contributed by atoms with E-state index in [1.165, 1.54) is 12.1 Å². The molecule has 1 amide bonds. The van der Waals surface area contributed by atoms with Crippen LogP contribution in [-0.2, 0) is 11.3 Å². The average Bonchev–Trinajstić information content (AvgIpc) is 2.71. The van der Waals surface area contributed by atoms with Gasteiger partial charge in [0.2, 0.25) is 5.91 Å². The molecule has 2 unspecified atom stereocenters. The summed E-state index contributed by atoms with van der Waals surface area (Å²) >= 11 is 3.18. The van der Waals surface area contributed by atoms with Crippen LogP contribution in [0.1, 0.15) is 12.0 Å². The van der Waals surface area contributed by atoms with Crippen LogP contribution in [-0.4, -0.2) is 24.7 Å². The van der Waals surface area contributed by atoms with E-state index in [1.54, 1.807) is 6.07 Å². The molecule has 2 rings (SSSR count). The van der Waals surface area contributed by atoms with Gasteiger partial charge in [-0.2, -0.15) is 0 Å². The summed E-state index contributed by atoms with van der Waals surface area (Å²) in [5.41, 5.74) is 0.657. The van der Waals surface area contributed by atoms with Gasteiger partial charge in [0.15, 0.2) is 0 Å². The fourth-order valence-electron chi connectivity index (χ4n) is 1.92. The highest BCUT2D eigenvalue weighted by atomic mass is 79.9. The molecule has 1 aromatic rings. The molecule has 0 bridgehead atoms. The zero-order valence-corrected chi connectivity index (χ0v) is 11.1. The number of carbonyl (C=O) groups is 1. The average molecular weight is 319 g/mol. The standard InChI is InChI=1S/C12H13BrF2N2O/c13-8-1-7(2-9(14)3-8)5-17-12(18)11-4-10(15)6-16-11/h1-3,10-11,16H,4-6H2,(H,17,18). The first-order chi connectivity index (χ1) is 8.54. The molecule has 6 heteroatoms. The fourth-order valence-corrected chi connectivity index (χ4v) is 2.43. The van der Waals surface area contributed by atoms with E-state index in [0.29, 0.717) is 10.0 Å². The minimum absolute atomic E-state index is 0.193. The Morgan fingerprint density at radius 3 is 2.89 bits per heavy atom. The van der Waals surface area contributed by atoms with Gasteiger partial charge >= 0.3 is 0 Å². The molecule has 2 atom stereocenters. The number of hydrogen-bond acceptors (Lipinski definition) is 2. The molecule has 0 spiro atoms. The van der Waals surface area contributed by atoms with E-state index in [1.807, 2.05) is 0 Å². The van der Waals surface area contributed by atoms with E-state index in [4.69, 9.17) is 0 Å². The first kappa shape index (κ1) is 13.4. The second-order valence-electron chi connectivity index (χ2n) is 4.29. The maximum Gasteiger partial charge on any atom is 0.237 e. The topological polar surface area (TPSA) is 41.1 Å². The molecule has 18 heavy (non-hydrogen) atoms. The SMILES string of the molecule is O=C(NCc1cc(F)cc(Br)c1)C1CC(F)CN1. The second-order valence-corrected chi connectivity index (χ2v) is 5.20. The van der Waals surface area contributed by atoms with E-state index in [9.17, 15) is 13.6 Å². The van der Waals surface area contributed by atoms with E-state index in [2.05, 4.69) is 26.6 Å². The number of rotatable bonds is 3. The van der Waals surface area contributed by atoms with Crippen LogP contribution in [0.2, 0.25) is 0 Å². The quantitative estimate of drug-likeness (QED) is 0.893. The Kier molecular flexibility index (Phi) is 4.29. The minimum Gasteiger partial charge on any atom is -0.351 e. The van der Waals surface area contributed by atoms with Crippen molar-refractivity contribution in [3.8, 4) is 0 Å². The summed E-state index contributed by atoms with van der Waals surface area (Å²) in [6.07, 6.45) is -0.775. The fraction of sp³-hybridized carbons (Fsp3) is 0.417. The predicted molar refractivity (Wildman–Crippen MR) is 67.3 cm³/mol. The lowest BCUT2D eigenvalue weighted by Gasteiger charge is -2.11. The molecular weight excluding hydrogens is 306 g/mol. The molecule has 1 aromatic carbocycles. The summed E-state index contributed by atoms with van der Waals surface area (Å²) in [6.45, 7) is 0.438. The third kappa shape index (κ3) is 3.49. The van der Waals surface area contributed by atoms with Crippen molar-refractivity contribution in [2.75, 3.05) is 6.54 Å². The largest absolute Gasteiger partial charge is 0.351 e. The predicted octanol–water partition coefficient (Wildman–Crippen LogP) is 1.90. The van der Waals surface area contributed by atoms with Crippen molar-refractivity contribution in [2.24, 2.45) is 0 Å². The monoisotopic (exact) mass is 318 g/mol. The molecule has 2 N–H and O–H groups in total. The van der Waals surface area contributed by atoms with Crippen LogP contribution in [0, 0.1) is 5.82 Å². The Morgan fingerprint density at radius 2 is 2.28 bits per heavy atom. The lowest BCUT2D eigenvalue weighted by Crippen LogP contribution is -2.40. The van der Waals surface area contributed by atoms with Gasteiger partial charge in [0.1, 0.15) is 12.0 Å². The first-order valence-corrected chi connectivity index (χ1v) is 6.44. The number of carbonyl (C=O) groups excluding carboxylic acids is 1. The van der Waals surface area contributed by atoms with Gasteiger partial charge in [-0.15, -0.1) is 0 Å². The van der Waals surface area contributed by atoms with Gasteiger partial charge in [0, 0.05) is 24.0 Å². The van der Waals surface area contributed by atoms with Crippen molar-refractivity contribution in [3.63, 3.8) is 0 Å². The number of nitrogens with one attached hydrogen (secondary N) is 2. The number of hydrogen-bond donors (Lipinski definition) is 2. The van der Waals surface area contributed by atoms with Crippen LogP contribution >= 0.6 is 15.9 Å². The van der Waals surface area contributed by atoms with Crippen LogP contribution < -0.4 is 10.6 Å². The van der Waals surface area contributed by atoms with Gasteiger partial charge in [-0.3, -0.25) is 4.79 Å². The molecule has 3 nitrogen and oxygen atoms in total. The van der Waals surface area contributed by atoms with Crippen LogP contribution in [0.4, 0.5) is 8.78 Å². The van der Waals surface area contributed by atoms with Crippen molar-refractivity contribution in [3.05, 3.63) is 34.1 Å². The van der Waals surface area contributed by atoms with Gasteiger partial charge in [-0.05, 0) is 23.8 Å². The molecule has 1 heterocycles. The Hall–Kier alpha value is -1.01. The molecule has 0 radical (unpaired) electrons. The zero-order chi connectivity index (χ0) is 13.1. The lowest BCUT2D eigenvalue weighted by molar-refractivity contribution is -0.123. The zero-order valence-electron chi connectivity index (χ0n) is 9.55. The Labute approximate surface area is 112 Å². The molecule has 1 aliphatic rings. The molecule has 98 valence electrons. The Bertz CT molecular complexity index is 435. The molecule has 1 fully saturated rings. The van der Waals surface area contributed by atoms with Crippen molar-refractivity contribution in [1.29, 1.82) is 0 Å². The summed E-state index contributed by atoms with van der Waals surface area (Å²) < 4.78 is 26.6. The van der Waals surface area contributed by atoms with Crippen LogP contribution in [0.25, 0.3) is 0 Å². The van der Waals surface area contributed by atoms with E-state index < -0.39 is 12.2 Å². The molecule has 0 aromatic heterocycles. The van der Waals surface area contributed by atoms with Crippen molar-refractivity contribution >= 4 is 21.8 Å². The van der Waals surface area contributed by atoms with Gasteiger partial charge < -0.3 is 10.6 Å². The summed E-state index contributed by atoms with van der Waals surface area (Å²) in [4.78, 5) is 11.7. The van der Waals surface area contributed by atoms with Crippen molar-refractivity contribution < 1.29 is 13.6 Å². The number of halogens is 3. The lowest BCUT2D eigenvalue weighted by atomic mass is 10.2. The first-order valence-electron chi connectivity index (χ1n) is 5.65. The summed E-state index contributed by atoms with van der Waals surface area (Å²) in [7, 11) is 0. The van der Waals surface area contributed by atoms with E-state index in [0.717, 1.165) is 0 Å².